The molecule has 0 bridgehead atoms. The molecule has 0 spiro atoms. The van der Waals surface area contributed by atoms with Crippen LogP contribution in [-0.4, -0.2) is 32.6 Å². The fourth-order valence-electron chi connectivity index (χ4n) is 0.617. The van der Waals surface area contributed by atoms with Crippen LogP contribution in [0.25, 0.3) is 0 Å². The molecule has 0 aromatic carbocycles. The molecule has 0 fully saturated rings. The summed E-state index contributed by atoms with van der Waals surface area (Å²) in [4.78, 5) is 10.7. The highest BCUT2D eigenvalue weighted by Crippen LogP contribution is 1.73. The van der Waals surface area contributed by atoms with E-state index in [1.165, 1.54) is 7.11 Å². The van der Waals surface area contributed by atoms with E-state index < -0.39 is 0 Å². The minimum Gasteiger partial charge on any atom is -0.377 e. The highest BCUT2D eigenvalue weighted by Gasteiger charge is 1.97. The second kappa shape index (κ2) is 6.71. The first-order chi connectivity index (χ1) is 4.81. The van der Waals surface area contributed by atoms with Gasteiger partial charge in [-0.05, 0) is 13.0 Å². The molecule has 0 saturated heterocycles. The van der Waals surface area contributed by atoms with Crippen molar-refractivity contribution in [2.45, 2.75) is 13.3 Å². The molecule has 0 radical (unpaired) electrons. The molecule has 0 aliphatic heterocycles. The number of carbonyl (C=O) groups excluding carboxylic acids is 1. The molecule has 10 heavy (non-hydrogen) atoms. The summed E-state index contributed by atoms with van der Waals surface area (Å²) in [7, 11) is 1.53. The number of methoxy groups -OCH3 is 1. The van der Waals surface area contributed by atoms with Gasteiger partial charge in [-0.15, -0.1) is 0 Å². The normalized spacial score (nSPS) is 9.80. The van der Waals surface area contributed by atoms with Crippen LogP contribution in [-0.2, 0) is 9.53 Å². The largest absolute Gasteiger partial charge is 0.377 e. The van der Waals surface area contributed by atoms with Gasteiger partial charge in [-0.3, -0.25) is 4.79 Å². The Hall–Kier alpha value is -0.410. The zero-order chi connectivity index (χ0) is 7.82. The van der Waals surface area contributed by atoms with Gasteiger partial charge in [-0.2, -0.15) is 0 Å². The zero-order valence-corrected chi connectivity index (χ0v) is 6.64. The molecule has 3 heteroatoms. The van der Waals surface area contributed by atoms with Gasteiger partial charge >= 0.3 is 0 Å². The van der Waals surface area contributed by atoms with Crippen LogP contribution in [0.5, 0.6) is 0 Å². The second-order valence-electron chi connectivity index (χ2n) is 2.15. The van der Waals surface area contributed by atoms with Gasteiger partial charge in [0.2, 0.25) is 0 Å². The van der Waals surface area contributed by atoms with E-state index in [9.17, 15) is 4.79 Å². The average molecular weight is 145 g/mol. The van der Waals surface area contributed by atoms with Gasteiger partial charge < -0.3 is 10.1 Å². The molecule has 0 aliphatic rings. The SMILES string of the molecule is CCCNCC(=O)COC. The van der Waals surface area contributed by atoms with Gasteiger partial charge in [0, 0.05) is 7.11 Å². The number of carbonyl (C=O) groups is 1. The van der Waals surface area contributed by atoms with Crippen molar-refractivity contribution in [1.29, 1.82) is 0 Å². The number of ether oxygens (including phenoxy) is 1. The molecular weight excluding hydrogens is 130 g/mol. The summed E-state index contributed by atoms with van der Waals surface area (Å²) in [5, 5.41) is 2.99. The minimum absolute atomic E-state index is 0.107. The van der Waals surface area contributed by atoms with E-state index >= 15 is 0 Å². The number of hydrogen-bond donors (Lipinski definition) is 1. The van der Waals surface area contributed by atoms with Crippen LogP contribution in [0.15, 0.2) is 0 Å². The van der Waals surface area contributed by atoms with Gasteiger partial charge in [-0.1, -0.05) is 6.92 Å². The summed E-state index contributed by atoms with van der Waals surface area (Å²) >= 11 is 0. The fraction of sp³-hybridized carbons (Fsp3) is 0.857. The van der Waals surface area contributed by atoms with Crippen LogP contribution < -0.4 is 5.32 Å². The lowest BCUT2D eigenvalue weighted by Gasteiger charge is -1.99. The van der Waals surface area contributed by atoms with Gasteiger partial charge in [0.05, 0.1) is 6.54 Å². The standard InChI is InChI=1S/C7H15NO2/c1-3-4-8-5-7(9)6-10-2/h8H,3-6H2,1-2H3. The topological polar surface area (TPSA) is 38.3 Å². The summed E-state index contributed by atoms with van der Waals surface area (Å²) < 4.78 is 4.64. The maximum Gasteiger partial charge on any atom is 0.172 e. The third kappa shape index (κ3) is 5.72. The molecule has 0 heterocycles. The van der Waals surface area contributed by atoms with Crippen molar-refractivity contribution in [3.63, 3.8) is 0 Å². The molecule has 0 aromatic rings. The summed E-state index contributed by atoms with van der Waals surface area (Å²) in [5.74, 6) is 0.107. The predicted octanol–water partition coefficient (Wildman–Crippen LogP) is 0.201. The van der Waals surface area contributed by atoms with Crippen molar-refractivity contribution < 1.29 is 9.53 Å². The highest BCUT2D eigenvalue weighted by molar-refractivity contribution is 5.81. The Kier molecular flexibility index (Phi) is 6.43. The average Bonchev–Trinajstić information content (AvgIpc) is 1.89. The van der Waals surface area contributed by atoms with E-state index in [0.717, 1.165) is 13.0 Å². The van der Waals surface area contributed by atoms with Crippen LogP contribution in [0.2, 0.25) is 0 Å². The number of ketones is 1. The Morgan fingerprint density at radius 2 is 2.30 bits per heavy atom. The van der Waals surface area contributed by atoms with Gasteiger partial charge in [0.25, 0.3) is 0 Å². The van der Waals surface area contributed by atoms with Crippen LogP contribution >= 0.6 is 0 Å². The zero-order valence-electron chi connectivity index (χ0n) is 6.64. The molecule has 0 aliphatic carbocycles. The molecule has 60 valence electrons. The number of nitrogens with one attached hydrogen (secondary N) is 1. The van der Waals surface area contributed by atoms with E-state index in [0.29, 0.717) is 6.54 Å². The predicted molar refractivity (Wildman–Crippen MR) is 40.0 cm³/mol. The number of rotatable bonds is 6. The van der Waals surface area contributed by atoms with E-state index in [4.69, 9.17) is 0 Å². The summed E-state index contributed by atoms with van der Waals surface area (Å²) in [6.45, 7) is 3.61. The lowest BCUT2D eigenvalue weighted by atomic mass is 10.4. The van der Waals surface area contributed by atoms with Crippen LogP contribution in [0.4, 0.5) is 0 Å². The van der Waals surface area contributed by atoms with E-state index in [-0.39, 0.29) is 12.4 Å². The van der Waals surface area contributed by atoms with E-state index in [1.54, 1.807) is 0 Å². The maximum atomic E-state index is 10.7. The molecule has 3 nitrogen and oxygen atoms in total. The molecule has 0 aromatic heterocycles. The monoisotopic (exact) mass is 145 g/mol. The van der Waals surface area contributed by atoms with Crippen LogP contribution in [0.1, 0.15) is 13.3 Å². The van der Waals surface area contributed by atoms with Crippen LogP contribution in [0, 0.1) is 0 Å². The summed E-state index contributed by atoms with van der Waals surface area (Å²) in [6.07, 6.45) is 1.06. The Morgan fingerprint density at radius 1 is 1.60 bits per heavy atom. The maximum absolute atomic E-state index is 10.7. The molecule has 0 atom stereocenters. The highest BCUT2D eigenvalue weighted by atomic mass is 16.5. The van der Waals surface area contributed by atoms with Gasteiger partial charge in [0.1, 0.15) is 6.61 Å². The third-order valence-corrected chi connectivity index (χ3v) is 1.05. The lowest BCUT2D eigenvalue weighted by Crippen LogP contribution is -2.26. The number of hydrogen-bond acceptors (Lipinski definition) is 3. The molecule has 1 N–H and O–H groups in total. The quantitative estimate of drug-likeness (QED) is 0.543. The minimum atomic E-state index is 0.107. The van der Waals surface area contributed by atoms with Crippen molar-refractivity contribution >= 4 is 5.78 Å². The summed E-state index contributed by atoms with van der Waals surface area (Å²) in [6, 6.07) is 0. The van der Waals surface area contributed by atoms with Crippen molar-refractivity contribution in [2.24, 2.45) is 0 Å². The second-order valence-corrected chi connectivity index (χ2v) is 2.15. The third-order valence-electron chi connectivity index (χ3n) is 1.05. The van der Waals surface area contributed by atoms with Crippen molar-refractivity contribution in [2.75, 3.05) is 26.8 Å². The first-order valence-corrected chi connectivity index (χ1v) is 3.52. The van der Waals surface area contributed by atoms with Gasteiger partial charge in [0.15, 0.2) is 5.78 Å². The Morgan fingerprint density at radius 3 is 2.80 bits per heavy atom. The Bertz CT molecular complexity index is 93.6. The first kappa shape index (κ1) is 9.59. The Balaban J connectivity index is 3.05. The van der Waals surface area contributed by atoms with Crippen molar-refractivity contribution in [1.82, 2.24) is 5.32 Å². The first-order valence-electron chi connectivity index (χ1n) is 3.52. The smallest absolute Gasteiger partial charge is 0.172 e. The Labute approximate surface area is 61.8 Å². The van der Waals surface area contributed by atoms with E-state index in [1.807, 2.05) is 0 Å². The molecule has 0 saturated carbocycles. The molecule has 0 amide bonds. The molecule has 0 unspecified atom stereocenters. The van der Waals surface area contributed by atoms with Crippen molar-refractivity contribution in [3.8, 4) is 0 Å². The lowest BCUT2D eigenvalue weighted by molar-refractivity contribution is -0.121. The van der Waals surface area contributed by atoms with Gasteiger partial charge in [-0.25, -0.2) is 0 Å². The summed E-state index contributed by atoms with van der Waals surface area (Å²) in [5.41, 5.74) is 0. The van der Waals surface area contributed by atoms with Crippen LogP contribution in [0.3, 0.4) is 0 Å². The fourth-order valence-corrected chi connectivity index (χ4v) is 0.617. The number of Topliss-reactive ketones (excluding diaryl/α,β-unsaturated/α-hetero) is 1. The molecule has 0 rings (SSSR count). The van der Waals surface area contributed by atoms with Crippen molar-refractivity contribution in [3.05, 3.63) is 0 Å². The molecular formula is C7H15NO2. The van der Waals surface area contributed by atoms with E-state index in [2.05, 4.69) is 17.0 Å².